The zero-order valence-electron chi connectivity index (χ0n) is 48.5. The number of hydrogen-bond acceptors (Lipinski definition) is 18. The Balaban J connectivity index is 1.60. The molecular weight excluding hydrogens is 1030 g/mol. The molecule has 1 aromatic rings. The lowest BCUT2D eigenvalue weighted by Crippen LogP contribution is -2.69. The first-order chi connectivity index (χ1) is 38.3. The van der Waals surface area contributed by atoms with Crippen molar-refractivity contribution in [1.29, 1.82) is 0 Å². The third kappa shape index (κ3) is 21.7. The monoisotopic (exact) mass is 1130 g/mol. The van der Waals surface area contributed by atoms with Crippen molar-refractivity contribution in [1.82, 2.24) is 0 Å². The molecule has 4 fully saturated rings. The molecule has 450 valence electrons. The Bertz CT molecular complexity index is 1730. The molecule has 0 amide bonds. The van der Waals surface area contributed by atoms with Gasteiger partial charge in [0.2, 0.25) is 0 Å². The second kappa shape index (κ2) is 39.6. The van der Waals surface area contributed by atoms with Gasteiger partial charge in [-0.1, -0.05) is 120 Å². The van der Waals surface area contributed by atoms with Crippen LogP contribution in [-0.4, -0.2) is 184 Å². The molecule has 4 heterocycles. The predicted octanol–water partition coefficient (Wildman–Crippen LogP) is 9.99. The maximum Gasteiger partial charge on any atom is 0.187 e. The normalized spacial score (nSPS) is 31.2. The molecule has 0 aromatic heterocycles. The van der Waals surface area contributed by atoms with Gasteiger partial charge in [0.15, 0.2) is 24.9 Å². The summed E-state index contributed by atoms with van der Waals surface area (Å²) in [6, 6.07) is 7.23. The van der Waals surface area contributed by atoms with Crippen molar-refractivity contribution in [3.63, 3.8) is 0 Å². The average molecular weight is 1130 g/mol. The number of azide groups is 1. The molecular formula is C57H100N3O17P. The summed E-state index contributed by atoms with van der Waals surface area (Å²) in [6.45, 7) is 19.1. The minimum absolute atomic E-state index is 0.111. The van der Waals surface area contributed by atoms with E-state index in [1.807, 2.05) is 24.3 Å². The van der Waals surface area contributed by atoms with Gasteiger partial charge in [0, 0.05) is 57.7 Å². The fourth-order valence-corrected chi connectivity index (χ4v) is 9.85. The van der Waals surface area contributed by atoms with E-state index < -0.39 is 98.1 Å². The summed E-state index contributed by atoms with van der Waals surface area (Å²) >= 11 is 0. The Kier molecular flexibility index (Phi) is 33.9. The Labute approximate surface area is 468 Å². The average Bonchev–Trinajstić information content (AvgIpc) is 3.50. The highest BCUT2D eigenvalue weighted by atomic mass is 31.0. The highest BCUT2D eigenvalue weighted by Gasteiger charge is 2.57. The number of ether oxygens (including phenoxy) is 17. The van der Waals surface area contributed by atoms with Crippen LogP contribution >= 0.6 is 9.24 Å². The largest absolute Gasteiger partial charge is 0.497 e. The van der Waals surface area contributed by atoms with E-state index in [9.17, 15) is 0 Å². The molecule has 8 unspecified atom stereocenters. The van der Waals surface area contributed by atoms with Gasteiger partial charge in [-0.2, -0.15) is 0 Å². The SMILES string of the molecule is CCCCOCC1O[C@@H](OCCN=[N+]=[N-])[C@@H](OCCCC)C(OCCCC)[C@@H]1O[C@@H]1OC(COCCCC)[C@H](O[C@H]2OC3COC(P)O[C@@H]3[C@H](OCc3ccc(OC)cc3)C2OCCCC)C(OCCCC)[C@@H]1OCCCC. The zero-order chi connectivity index (χ0) is 55.7. The van der Waals surface area contributed by atoms with Gasteiger partial charge < -0.3 is 80.5 Å². The van der Waals surface area contributed by atoms with E-state index in [0.717, 1.165) is 101 Å². The lowest BCUT2D eigenvalue weighted by atomic mass is 9.95. The van der Waals surface area contributed by atoms with E-state index in [1.165, 1.54) is 0 Å². The molecule has 21 heteroatoms. The molecule has 0 saturated carbocycles. The third-order valence-electron chi connectivity index (χ3n) is 14.1. The summed E-state index contributed by atoms with van der Waals surface area (Å²) in [5.74, 6) is 0.753. The highest BCUT2D eigenvalue weighted by molar-refractivity contribution is 7.16. The molecule has 20 nitrogen and oxygen atoms in total. The minimum atomic E-state index is -1.05. The zero-order valence-corrected chi connectivity index (χ0v) is 49.7. The van der Waals surface area contributed by atoms with E-state index in [2.05, 4.69) is 67.7 Å². The van der Waals surface area contributed by atoms with Crippen molar-refractivity contribution >= 4 is 9.24 Å². The predicted molar refractivity (Wildman–Crippen MR) is 296 cm³/mol. The quantitative estimate of drug-likeness (QED) is 0.0196. The Morgan fingerprint density at radius 1 is 0.513 bits per heavy atom. The Morgan fingerprint density at radius 2 is 0.962 bits per heavy atom. The van der Waals surface area contributed by atoms with Crippen molar-refractivity contribution in [3.8, 4) is 5.75 Å². The van der Waals surface area contributed by atoms with Crippen molar-refractivity contribution in [2.45, 2.75) is 243 Å². The Hall–Kier alpha value is -1.88. The van der Waals surface area contributed by atoms with Gasteiger partial charge in [0.05, 0.1) is 40.1 Å². The van der Waals surface area contributed by atoms with Crippen LogP contribution in [0, 0.1) is 0 Å². The molecule has 78 heavy (non-hydrogen) atoms. The smallest absolute Gasteiger partial charge is 0.187 e. The highest BCUT2D eigenvalue weighted by Crippen LogP contribution is 2.40. The van der Waals surface area contributed by atoms with Gasteiger partial charge >= 0.3 is 0 Å². The number of nitrogens with zero attached hydrogens (tertiary/aromatic N) is 3. The topological polar surface area (TPSA) is 206 Å². The van der Waals surface area contributed by atoms with E-state index in [0.29, 0.717) is 46.2 Å². The lowest BCUT2D eigenvalue weighted by Gasteiger charge is -2.52. The molecule has 4 saturated heterocycles. The van der Waals surface area contributed by atoms with Gasteiger partial charge in [-0.25, -0.2) is 0 Å². The molecule has 4 aliphatic rings. The van der Waals surface area contributed by atoms with Crippen LogP contribution in [0.4, 0.5) is 0 Å². The molecule has 1 aromatic carbocycles. The van der Waals surface area contributed by atoms with Gasteiger partial charge in [0.25, 0.3) is 0 Å². The van der Waals surface area contributed by atoms with E-state index in [1.54, 1.807) is 7.11 Å². The second-order valence-electron chi connectivity index (χ2n) is 20.4. The van der Waals surface area contributed by atoms with Crippen LogP contribution in [-0.2, 0) is 82.4 Å². The van der Waals surface area contributed by atoms with Crippen molar-refractivity contribution < 1.29 is 80.5 Å². The first-order valence-corrected chi connectivity index (χ1v) is 30.4. The first-order valence-electron chi connectivity index (χ1n) is 29.7. The lowest BCUT2D eigenvalue weighted by molar-refractivity contribution is -0.399. The molecule has 4 aliphatic heterocycles. The second-order valence-corrected chi connectivity index (χ2v) is 20.9. The summed E-state index contributed by atoms with van der Waals surface area (Å²) in [5.41, 5.74) is 10.0. The van der Waals surface area contributed by atoms with Crippen LogP contribution in [0.3, 0.4) is 0 Å². The van der Waals surface area contributed by atoms with Crippen LogP contribution in [0.5, 0.6) is 5.75 Å². The fourth-order valence-electron chi connectivity index (χ4n) is 9.55. The summed E-state index contributed by atoms with van der Waals surface area (Å²) in [7, 11) is 4.26. The van der Waals surface area contributed by atoms with Gasteiger partial charge in [-0.3, -0.25) is 0 Å². The van der Waals surface area contributed by atoms with E-state index in [4.69, 9.17) is 86.1 Å². The number of benzene rings is 1. The van der Waals surface area contributed by atoms with Crippen LogP contribution in [0.25, 0.3) is 10.4 Å². The summed E-state index contributed by atoms with van der Waals surface area (Å²) in [4.78, 5) is 2.93. The molecule has 0 N–H and O–H groups in total. The standard InChI is InChI=1S/C57H100N3O17P/c1-9-16-28-62-37-42-45(48(64-30-18-11-3)51(66-32-20-13-5)54(72-42)69-35-27-59-60-58)75-55-52(67-33-21-14-6)49(65-31-19-12-4)46(43(73-55)38-63-29-17-10-2)76-56-53(68-34-22-15-7)50(47-44(74-56)39-71-57(78)77-47)70-36-40-23-25-41(61-8)26-24-40/h23-26,42-57H,9-22,27-39,78H2,1-8H3/t42?,43?,44?,45-,46+,47+,48?,49?,50+,51+,52+,53?,54-,55+,56-,57?/m1/s1. The van der Waals surface area contributed by atoms with Crippen LogP contribution < -0.4 is 4.74 Å². The molecule has 5 rings (SSSR count). The maximum atomic E-state index is 9.09. The fraction of sp³-hybridized carbons (Fsp3) is 0.895. The number of rotatable bonds is 42. The molecule has 0 radical (unpaired) electrons. The van der Waals surface area contributed by atoms with Gasteiger partial charge in [0.1, 0.15) is 79.0 Å². The molecule has 0 bridgehead atoms. The first kappa shape index (κ1) is 66.9. The number of unbranched alkanes of at least 4 members (excludes halogenated alkanes) is 7. The molecule has 0 aliphatic carbocycles. The Morgan fingerprint density at radius 3 is 1.45 bits per heavy atom. The third-order valence-corrected chi connectivity index (χ3v) is 14.4. The summed E-state index contributed by atoms with van der Waals surface area (Å²) in [6.07, 6.45) is 0.514. The summed E-state index contributed by atoms with van der Waals surface area (Å²) in [5, 5.41) is 3.72. The number of fused-ring (bicyclic) bond motifs is 1. The minimum Gasteiger partial charge on any atom is -0.497 e. The van der Waals surface area contributed by atoms with Gasteiger partial charge in [-0.05, 0) is 68.2 Å². The van der Waals surface area contributed by atoms with Crippen molar-refractivity contribution in [2.75, 3.05) is 86.3 Å². The number of methoxy groups -OCH3 is 1. The van der Waals surface area contributed by atoms with Crippen LogP contribution in [0.1, 0.15) is 144 Å². The van der Waals surface area contributed by atoms with Gasteiger partial charge in [-0.15, -0.1) is 0 Å². The van der Waals surface area contributed by atoms with Crippen molar-refractivity contribution in [3.05, 3.63) is 40.3 Å². The molecule has 17 atom stereocenters. The van der Waals surface area contributed by atoms with Crippen molar-refractivity contribution in [2.24, 2.45) is 5.11 Å². The van der Waals surface area contributed by atoms with E-state index >= 15 is 0 Å². The van der Waals surface area contributed by atoms with Crippen LogP contribution in [0.15, 0.2) is 29.4 Å². The van der Waals surface area contributed by atoms with E-state index in [-0.39, 0.29) is 39.6 Å². The number of hydrogen-bond donors (Lipinski definition) is 0. The summed E-state index contributed by atoms with van der Waals surface area (Å²) < 4.78 is 114. The van der Waals surface area contributed by atoms with Crippen LogP contribution in [0.2, 0.25) is 0 Å². The maximum absolute atomic E-state index is 9.09. The molecule has 0 spiro atoms.